The molecular formula is C24H29N3O4. The molecule has 0 unspecified atom stereocenters. The molecule has 0 fully saturated rings. The first-order chi connectivity index (χ1) is 14.8. The number of rotatable bonds is 10. The minimum Gasteiger partial charge on any atom is -0.478 e. The lowest BCUT2D eigenvalue weighted by atomic mass is 10.1. The fourth-order valence-electron chi connectivity index (χ4n) is 3.20. The zero-order chi connectivity index (χ0) is 22.4. The normalized spacial score (nSPS) is 11.5. The molecule has 0 aliphatic rings. The average molecular weight is 424 g/mol. The number of aryl methyl sites for hydroxylation is 3. The maximum atomic E-state index is 12.2. The molecular weight excluding hydrogens is 394 g/mol. The number of hydrogen-bond donors (Lipinski definition) is 2. The van der Waals surface area contributed by atoms with Crippen LogP contribution in [0, 0.1) is 0 Å². The van der Waals surface area contributed by atoms with E-state index in [-0.39, 0.29) is 5.69 Å². The Labute approximate surface area is 181 Å². The molecule has 2 aromatic carbocycles. The number of nitrogens with zero attached hydrogens (tertiary/aromatic N) is 2. The second kappa shape index (κ2) is 9.64. The van der Waals surface area contributed by atoms with E-state index in [1.54, 1.807) is 12.1 Å². The number of carboxylic acids is 1. The van der Waals surface area contributed by atoms with Gasteiger partial charge in [0.2, 0.25) is 0 Å². The summed E-state index contributed by atoms with van der Waals surface area (Å²) in [6.45, 7) is 5.60. The van der Waals surface area contributed by atoms with Crippen molar-refractivity contribution in [1.29, 1.82) is 0 Å². The topological polar surface area (TPSA) is 97.2 Å². The summed E-state index contributed by atoms with van der Waals surface area (Å²) in [4.78, 5) is 26.2. The Bertz CT molecular complexity index is 1060. The van der Waals surface area contributed by atoms with Crippen LogP contribution in [0.3, 0.4) is 0 Å². The third-order valence-electron chi connectivity index (χ3n) is 5.18. The van der Waals surface area contributed by atoms with Crippen LogP contribution in [-0.2, 0) is 30.6 Å². The number of hydrogen-bond acceptors (Lipinski definition) is 4. The van der Waals surface area contributed by atoms with Crippen LogP contribution < -0.4 is 10.4 Å². The van der Waals surface area contributed by atoms with E-state index in [0.717, 1.165) is 30.4 Å². The summed E-state index contributed by atoms with van der Waals surface area (Å²) in [6, 6.07) is 15.6. The van der Waals surface area contributed by atoms with Crippen molar-refractivity contribution < 1.29 is 14.6 Å². The van der Waals surface area contributed by atoms with Crippen molar-refractivity contribution in [1.82, 2.24) is 14.8 Å². The van der Waals surface area contributed by atoms with Crippen molar-refractivity contribution in [2.45, 2.75) is 58.6 Å². The molecule has 2 N–H and O–H groups in total. The van der Waals surface area contributed by atoms with Gasteiger partial charge in [-0.05, 0) is 61.9 Å². The van der Waals surface area contributed by atoms with E-state index >= 15 is 0 Å². The molecule has 0 spiro atoms. The average Bonchev–Trinajstić information content (AvgIpc) is 3.08. The van der Waals surface area contributed by atoms with Gasteiger partial charge in [0.25, 0.3) is 0 Å². The smallest absolute Gasteiger partial charge is 0.347 e. The van der Waals surface area contributed by atoms with Crippen molar-refractivity contribution in [3.63, 3.8) is 0 Å². The van der Waals surface area contributed by atoms with E-state index in [4.69, 9.17) is 9.84 Å². The lowest BCUT2D eigenvalue weighted by Crippen LogP contribution is -2.37. The highest BCUT2D eigenvalue weighted by molar-refractivity contribution is 5.76. The number of ether oxygens (including phenoxy) is 1. The van der Waals surface area contributed by atoms with Crippen LogP contribution in [0.15, 0.2) is 53.3 Å². The summed E-state index contributed by atoms with van der Waals surface area (Å²) in [6.07, 6.45) is 3.30. The summed E-state index contributed by atoms with van der Waals surface area (Å²) >= 11 is 0. The molecule has 164 valence electrons. The summed E-state index contributed by atoms with van der Waals surface area (Å²) in [7, 11) is 0. The van der Waals surface area contributed by atoms with Gasteiger partial charge < -0.3 is 9.84 Å². The van der Waals surface area contributed by atoms with Crippen molar-refractivity contribution in [3.05, 3.63) is 81.5 Å². The Morgan fingerprint density at radius 3 is 2.26 bits per heavy atom. The largest absolute Gasteiger partial charge is 0.478 e. The minimum absolute atomic E-state index is 0.197. The van der Waals surface area contributed by atoms with Crippen molar-refractivity contribution in [2.75, 3.05) is 0 Å². The number of aromatic nitrogens is 3. The first-order valence-electron chi connectivity index (χ1n) is 10.5. The maximum Gasteiger partial charge on any atom is 0.347 e. The molecule has 1 aromatic heterocycles. The third-order valence-corrected chi connectivity index (χ3v) is 5.18. The van der Waals surface area contributed by atoms with Gasteiger partial charge in [-0.15, -0.1) is 0 Å². The predicted octanol–water partition coefficient (Wildman–Crippen LogP) is 3.60. The van der Waals surface area contributed by atoms with Crippen LogP contribution in [0.25, 0.3) is 0 Å². The lowest BCUT2D eigenvalue weighted by molar-refractivity contribution is -0.152. The maximum absolute atomic E-state index is 12.2. The zero-order valence-corrected chi connectivity index (χ0v) is 18.2. The van der Waals surface area contributed by atoms with E-state index in [1.807, 2.05) is 24.3 Å². The Morgan fingerprint density at radius 1 is 1.03 bits per heavy atom. The molecule has 1 heterocycles. The molecule has 3 rings (SSSR count). The number of nitrogens with one attached hydrogen (secondary N) is 1. The summed E-state index contributed by atoms with van der Waals surface area (Å²) in [5, 5.41) is 13.6. The first-order valence-corrected chi connectivity index (χ1v) is 10.5. The zero-order valence-electron chi connectivity index (χ0n) is 18.2. The molecule has 3 aromatic rings. The highest BCUT2D eigenvalue weighted by atomic mass is 16.5. The highest BCUT2D eigenvalue weighted by Gasteiger charge is 2.29. The number of carbonyl (C=O) groups is 1. The van der Waals surface area contributed by atoms with E-state index in [1.165, 1.54) is 24.1 Å². The van der Waals surface area contributed by atoms with Crippen LogP contribution in [0.1, 0.15) is 49.7 Å². The number of benzene rings is 2. The molecule has 0 saturated carbocycles. The van der Waals surface area contributed by atoms with E-state index in [9.17, 15) is 9.59 Å². The van der Waals surface area contributed by atoms with Gasteiger partial charge in [-0.2, -0.15) is 5.10 Å². The van der Waals surface area contributed by atoms with Crippen molar-refractivity contribution >= 4 is 5.97 Å². The predicted molar refractivity (Wildman–Crippen MR) is 119 cm³/mol. The Kier molecular flexibility index (Phi) is 6.95. The molecule has 0 amide bonds. The lowest BCUT2D eigenvalue weighted by Gasteiger charge is -2.21. The molecule has 0 atom stereocenters. The van der Waals surface area contributed by atoms with Crippen LogP contribution in [0.4, 0.5) is 0 Å². The fourth-order valence-corrected chi connectivity index (χ4v) is 3.20. The van der Waals surface area contributed by atoms with Crippen LogP contribution >= 0.6 is 0 Å². The van der Waals surface area contributed by atoms with E-state index in [0.29, 0.717) is 24.5 Å². The van der Waals surface area contributed by atoms with Gasteiger partial charge in [0.15, 0.2) is 5.60 Å². The minimum atomic E-state index is -1.27. The van der Waals surface area contributed by atoms with E-state index in [2.05, 4.69) is 29.1 Å². The number of aromatic amines is 1. The van der Waals surface area contributed by atoms with Crippen LogP contribution in [-0.4, -0.2) is 31.4 Å². The molecule has 7 heteroatoms. The van der Waals surface area contributed by atoms with Crippen LogP contribution in [0.5, 0.6) is 5.75 Å². The highest BCUT2D eigenvalue weighted by Crippen LogP contribution is 2.20. The summed E-state index contributed by atoms with van der Waals surface area (Å²) in [5.41, 5.74) is 1.95. The number of H-pyrrole nitrogens is 1. The van der Waals surface area contributed by atoms with Gasteiger partial charge in [0.05, 0.1) is 6.54 Å². The molecule has 7 nitrogen and oxygen atoms in total. The molecule has 0 aliphatic carbocycles. The van der Waals surface area contributed by atoms with Crippen molar-refractivity contribution in [3.8, 4) is 5.75 Å². The second-order valence-electron chi connectivity index (χ2n) is 8.12. The summed E-state index contributed by atoms with van der Waals surface area (Å²) in [5.74, 6) is 0.188. The Hall–Kier alpha value is -3.35. The molecule has 0 saturated heterocycles. The fraction of sp³-hybridized carbons (Fsp3) is 0.375. The van der Waals surface area contributed by atoms with Gasteiger partial charge in [-0.1, -0.05) is 43.3 Å². The third kappa shape index (κ3) is 6.07. The van der Waals surface area contributed by atoms with Gasteiger partial charge in [0, 0.05) is 6.42 Å². The Balaban J connectivity index is 1.52. The van der Waals surface area contributed by atoms with Crippen LogP contribution in [0.2, 0.25) is 0 Å². The molecule has 0 bridgehead atoms. The number of aliphatic carboxylic acids is 1. The van der Waals surface area contributed by atoms with Gasteiger partial charge >= 0.3 is 11.7 Å². The first kappa shape index (κ1) is 22.3. The van der Waals surface area contributed by atoms with Gasteiger partial charge in [0.1, 0.15) is 11.6 Å². The van der Waals surface area contributed by atoms with E-state index < -0.39 is 11.6 Å². The molecule has 31 heavy (non-hydrogen) atoms. The van der Waals surface area contributed by atoms with Gasteiger partial charge in [-0.25, -0.2) is 14.3 Å². The Morgan fingerprint density at radius 2 is 1.65 bits per heavy atom. The summed E-state index contributed by atoms with van der Waals surface area (Å²) < 4.78 is 6.98. The second-order valence-corrected chi connectivity index (χ2v) is 8.12. The quantitative estimate of drug-likeness (QED) is 0.519. The number of carboxylic acid groups (broad SMARTS) is 1. The van der Waals surface area contributed by atoms with Gasteiger partial charge in [-0.3, -0.25) is 4.98 Å². The van der Waals surface area contributed by atoms with Crippen molar-refractivity contribution in [2.24, 2.45) is 0 Å². The SMILES string of the molecule is CCc1ccc(Cn2nc(CCCc3ccc(OC(C)(C)C(=O)O)cc3)[nH]c2=O)cc1. The monoisotopic (exact) mass is 423 g/mol. The standard InChI is InChI=1S/C24H29N3O4/c1-4-17-8-10-19(11-9-17)16-27-23(30)25-21(26-27)7-5-6-18-12-14-20(15-13-18)31-24(2,3)22(28)29/h8-15H,4-7,16H2,1-3H3,(H,28,29)(H,25,26,30). The molecule has 0 aliphatic heterocycles. The molecule has 0 radical (unpaired) electrons.